The minimum atomic E-state index is -1.58. The van der Waals surface area contributed by atoms with Crippen LogP contribution < -0.4 is 5.46 Å². The van der Waals surface area contributed by atoms with Gasteiger partial charge in [-0.2, -0.15) is 0 Å². The fourth-order valence-corrected chi connectivity index (χ4v) is 3.34. The van der Waals surface area contributed by atoms with Crippen LogP contribution in [-0.4, -0.2) is 17.2 Å². The molecule has 3 aromatic carbocycles. The summed E-state index contributed by atoms with van der Waals surface area (Å²) in [5, 5.41) is 19.4. The van der Waals surface area contributed by atoms with E-state index < -0.39 is 7.12 Å². The van der Waals surface area contributed by atoms with Crippen molar-refractivity contribution in [3.8, 4) is 23.7 Å². The lowest BCUT2D eigenvalue weighted by atomic mass is 9.78. The zero-order valence-corrected chi connectivity index (χ0v) is 20.3. The van der Waals surface area contributed by atoms with Gasteiger partial charge in [0.25, 0.3) is 0 Å². The summed E-state index contributed by atoms with van der Waals surface area (Å²) in [6.45, 7) is 13.1. The Bertz CT molecular complexity index is 1140. The highest BCUT2D eigenvalue weighted by atomic mass is 16.4. The molecular weight excluding hydrogens is 403 g/mol. The fraction of sp³-hybridized carbons (Fsp3) is 0.267. The van der Waals surface area contributed by atoms with Crippen molar-refractivity contribution >= 4 is 12.6 Å². The third kappa shape index (κ3) is 6.87. The molecular formula is C30H31BO2. The highest BCUT2D eigenvalue weighted by Crippen LogP contribution is 2.23. The van der Waals surface area contributed by atoms with Gasteiger partial charge in [-0.3, -0.25) is 0 Å². The normalized spacial score (nSPS) is 11.2. The summed E-state index contributed by atoms with van der Waals surface area (Å²) < 4.78 is 0. The molecule has 0 saturated heterocycles. The van der Waals surface area contributed by atoms with Crippen LogP contribution in [0, 0.1) is 23.7 Å². The minimum Gasteiger partial charge on any atom is -0.423 e. The first-order valence-electron chi connectivity index (χ1n) is 11.2. The van der Waals surface area contributed by atoms with Gasteiger partial charge in [0.1, 0.15) is 0 Å². The monoisotopic (exact) mass is 434 g/mol. The topological polar surface area (TPSA) is 40.5 Å². The van der Waals surface area contributed by atoms with Gasteiger partial charge in [-0.05, 0) is 69.9 Å². The van der Waals surface area contributed by atoms with E-state index in [0.717, 1.165) is 11.1 Å². The molecule has 3 aromatic rings. The Labute approximate surface area is 198 Å². The van der Waals surface area contributed by atoms with Crippen LogP contribution in [0.5, 0.6) is 0 Å². The Kier molecular flexibility index (Phi) is 7.19. The first-order chi connectivity index (χ1) is 15.4. The zero-order chi connectivity index (χ0) is 24.2. The maximum Gasteiger partial charge on any atom is 0.488 e. The molecule has 0 aliphatic carbocycles. The quantitative estimate of drug-likeness (QED) is 0.428. The van der Waals surface area contributed by atoms with Crippen molar-refractivity contribution in [3.05, 3.63) is 100 Å². The third-order valence-corrected chi connectivity index (χ3v) is 5.46. The molecule has 0 atom stereocenters. The molecule has 3 heteroatoms. The highest BCUT2D eigenvalue weighted by molar-refractivity contribution is 6.58. The Morgan fingerprint density at radius 3 is 1.15 bits per heavy atom. The smallest absolute Gasteiger partial charge is 0.423 e. The molecule has 2 N–H and O–H groups in total. The molecule has 2 nitrogen and oxygen atoms in total. The van der Waals surface area contributed by atoms with Crippen molar-refractivity contribution in [1.29, 1.82) is 0 Å². The number of hydrogen-bond donors (Lipinski definition) is 2. The van der Waals surface area contributed by atoms with Crippen molar-refractivity contribution < 1.29 is 10.0 Å². The van der Waals surface area contributed by atoms with Gasteiger partial charge in [-0.15, -0.1) is 0 Å². The van der Waals surface area contributed by atoms with Crippen molar-refractivity contribution in [2.75, 3.05) is 0 Å². The summed E-state index contributed by atoms with van der Waals surface area (Å²) in [6.07, 6.45) is 0. The van der Waals surface area contributed by atoms with E-state index in [1.807, 2.05) is 30.3 Å². The van der Waals surface area contributed by atoms with Gasteiger partial charge in [0.15, 0.2) is 0 Å². The third-order valence-electron chi connectivity index (χ3n) is 5.46. The molecule has 0 saturated carbocycles. The summed E-state index contributed by atoms with van der Waals surface area (Å²) >= 11 is 0. The molecule has 0 aromatic heterocycles. The predicted octanol–water partition coefficient (Wildman–Crippen LogP) is 4.76. The molecule has 0 amide bonds. The summed E-state index contributed by atoms with van der Waals surface area (Å²) in [6, 6.07) is 21.7. The van der Waals surface area contributed by atoms with Gasteiger partial charge >= 0.3 is 7.12 Å². The van der Waals surface area contributed by atoms with Crippen LogP contribution in [0.15, 0.2) is 66.7 Å². The standard InChI is InChI=1S/C30H31BO2/c1-29(2,3)26-15-11-22(12-16-26)7-9-24-19-25(21-28(20-24)31(32)33)10-8-23-13-17-27(18-14-23)30(4,5)6/h11-21,32-33H,1-6H3. The van der Waals surface area contributed by atoms with E-state index in [1.165, 1.54) is 11.1 Å². The summed E-state index contributed by atoms with van der Waals surface area (Å²) in [5.74, 6) is 12.6. The van der Waals surface area contributed by atoms with E-state index in [4.69, 9.17) is 0 Å². The second-order valence-electron chi connectivity index (χ2n) is 10.4. The van der Waals surface area contributed by atoms with E-state index in [1.54, 1.807) is 12.1 Å². The van der Waals surface area contributed by atoms with Crippen molar-refractivity contribution in [1.82, 2.24) is 0 Å². The first kappa shape index (κ1) is 24.4. The summed E-state index contributed by atoms with van der Waals surface area (Å²) in [4.78, 5) is 0. The largest absolute Gasteiger partial charge is 0.488 e. The minimum absolute atomic E-state index is 0.0954. The molecule has 3 rings (SSSR count). The van der Waals surface area contributed by atoms with Crippen molar-refractivity contribution in [3.63, 3.8) is 0 Å². The van der Waals surface area contributed by atoms with Crippen LogP contribution in [-0.2, 0) is 10.8 Å². The maximum absolute atomic E-state index is 9.72. The van der Waals surface area contributed by atoms with Gasteiger partial charge < -0.3 is 10.0 Å². The molecule has 33 heavy (non-hydrogen) atoms. The molecule has 0 bridgehead atoms. The average Bonchev–Trinajstić information content (AvgIpc) is 2.75. The number of benzene rings is 3. The average molecular weight is 434 g/mol. The Morgan fingerprint density at radius 2 is 0.848 bits per heavy atom. The van der Waals surface area contributed by atoms with Gasteiger partial charge in [-0.1, -0.05) is 89.5 Å². The molecule has 0 aliphatic heterocycles. The van der Waals surface area contributed by atoms with E-state index in [9.17, 15) is 10.0 Å². The van der Waals surface area contributed by atoms with Crippen molar-refractivity contribution in [2.45, 2.75) is 52.4 Å². The van der Waals surface area contributed by atoms with Crippen LogP contribution in [0.25, 0.3) is 0 Å². The molecule has 166 valence electrons. The van der Waals surface area contributed by atoms with Crippen LogP contribution in [0.4, 0.5) is 0 Å². The molecule has 0 heterocycles. The van der Waals surface area contributed by atoms with Crippen LogP contribution in [0.2, 0.25) is 0 Å². The first-order valence-corrected chi connectivity index (χ1v) is 11.2. The van der Waals surface area contributed by atoms with Gasteiger partial charge in [0.2, 0.25) is 0 Å². The van der Waals surface area contributed by atoms with Crippen LogP contribution >= 0.6 is 0 Å². The van der Waals surface area contributed by atoms with E-state index >= 15 is 0 Å². The highest BCUT2D eigenvalue weighted by Gasteiger charge is 2.14. The number of hydrogen-bond acceptors (Lipinski definition) is 2. The van der Waals surface area contributed by atoms with Gasteiger partial charge in [-0.25, -0.2) is 0 Å². The van der Waals surface area contributed by atoms with Gasteiger partial charge in [0.05, 0.1) is 0 Å². The summed E-state index contributed by atoms with van der Waals surface area (Å²) in [7, 11) is -1.58. The zero-order valence-electron chi connectivity index (χ0n) is 20.3. The fourth-order valence-electron chi connectivity index (χ4n) is 3.34. The lowest BCUT2D eigenvalue weighted by molar-refractivity contribution is 0.425. The second kappa shape index (κ2) is 9.72. The SMILES string of the molecule is CC(C)(C)c1ccc(C#Cc2cc(C#Cc3ccc(C(C)(C)C)cc3)cc(B(O)O)c2)cc1. The second-order valence-corrected chi connectivity index (χ2v) is 10.4. The van der Waals surface area contributed by atoms with Crippen molar-refractivity contribution in [2.24, 2.45) is 0 Å². The van der Waals surface area contributed by atoms with E-state index in [0.29, 0.717) is 16.6 Å². The molecule has 0 unspecified atom stereocenters. The molecule has 0 aliphatic rings. The Balaban J connectivity index is 1.89. The van der Waals surface area contributed by atoms with E-state index in [-0.39, 0.29) is 10.8 Å². The number of rotatable bonds is 1. The van der Waals surface area contributed by atoms with Gasteiger partial charge in [0, 0.05) is 22.3 Å². The van der Waals surface area contributed by atoms with Crippen LogP contribution in [0.3, 0.4) is 0 Å². The Hall–Kier alpha value is -3.24. The maximum atomic E-state index is 9.72. The van der Waals surface area contributed by atoms with Crippen LogP contribution in [0.1, 0.15) is 74.9 Å². The summed E-state index contributed by atoms with van der Waals surface area (Å²) in [5.41, 5.74) is 6.27. The lowest BCUT2D eigenvalue weighted by Crippen LogP contribution is -2.30. The van der Waals surface area contributed by atoms with E-state index in [2.05, 4.69) is 89.5 Å². The molecule has 0 radical (unpaired) electrons. The lowest BCUT2D eigenvalue weighted by Gasteiger charge is -2.18. The molecule has 0 spiro atoms. The predicted molar refractivity (Wildman–Crippen MR) is 139 cm³/mol. The molecule has 0 fully saturated rings. The Morgan fingerprint density at radius 1 is 0.515 bits per heavy atom.